The van der Waals surface area contributed by atoms with Gasteiger partial charge in [0.1, 0.15) is 6.61 Å². The average Bonchev–Trinajstić information content (AvgIpc) is 2.63. The second-order valence-electron chi connectivity index (χ2n) is 6.86. The third kappa shape index (κ3) is 11.6. The molecule has 2 heteroatoms. The minimum atomic E-state index is -0.281. The van der Waals surface area contributed by atoms with E-state index in [1.165, 1.54) is 75.8 Å². The number of unbranched alkanes of at least 4 members (excludes halogenated alkanes) is 9. The maximum absolute atomic E-state index is 11.3. The van der Waals surface area contributed by atoms with Gasteiger partial charge in [-0.15, -0.1) is 0 Å². The van der Waals surface area contributed by atoms with Gasteiger partial charge in [0.25, 0.3) is 0 Å². The third-order valence-corrected chi connectivity index (χ3v) is 4.53. The van der Waals surface area contributed by atoms with E-state index < -0.39 is 0 Å². The van der Waals surface area contributed by atoms with Crippen LogP contribution in [-0.2, 0) is 22.6 Å². The number of rotatable bonds is 14. The molecule has 0 fully saturated rings. The van der Waals surface area contributed by atoms with Crippen molar-refractivity contribution < 1.29 is 9.53 Å². The highest BCUT2D eigenvalue weighted by molar-refractivity contribution is 5.81. The van der Waals surface area contributed by atoms with Crippen LogP contribution in [0, 0.1) is 0 Å². The summed E-state index contributed by atoms with van der Waals surface area (Å²) < 4.78 is 5.15. The predicted molar refractivity (Wildman–Crippen MR) is 107 cm³/mol. The maximum atomic E-state index is 11.3. The van der Waals surface area contributed by atoms with Crippen molar-refractivity contribution in [2.45, 2.75) is 91.1 Å². The third-order valence-electron chi connectivity index (χ3n) is 4.53. The first-order chi connectivity index (χ1) is 12.3. The van der Waals surface area contributed by atoms with Gasteiger partial charge in [0.2, 0.25) is 0 Å². The van der Waals surface area contributed by atoms with E-state index in [4.69, 9.17) is 4.74 Å². The van der Waals surface area contributed by atoms with Crippen molar-refractivity contribution in [3.8, 4) is 0 Å². The minimum absolute atomic E-state index is 0.281. The Morgan fingerprint density at radius 1 is 0.840 bits per heavy atom. The molecule has 0 unspecified atom stereocenters. The van der Waals surface area contributed by atoms with Crippen molar-refractivity contribution in [1.29, 1.82) is 0 Å². The highest BCUT2D eigenvalue weighted by atomic mass is 16.5. The summed E-state index contributed by atoms with van der Waals surface area (Å²) in [6.45, 7) is 4.43. The smallest absolute Gasteiger partial charge is 0.330 e. The largest absolute Gasteiger partial charge is 0.458 e. The zero-order valence-corrected chi connectivity index (χ0v) is 16.3. The number of allylic oxidation sites excluding steroid dienone is 1. The van der Waals surface area contributed by atoms with Gasteiger partial charge in [-0.1, -0.05) is 95.1 Å². The summed E-state index contributed by atoms with van der Waals surface area (Å²) >= 11 is 0. The molecule has 0 atom stereocenters. The monoisotopic (exact) mass is 344 g/mol. The van der Waals surface area contributed by atoms with Gasteiger partial charge in [0, 0.05) is 6.08 Å². The van der Waals surface area contributed by atoms with Crippen LogP contribution in [0.2, 0.25) is 0 Å². The molecule has 0 aliphatic rings. The van der Waals surface area contributed by atoms with Gasteiger partial charge in [-0.2, -0.15) is 0 Å². The Bertz CT molecular complexity index is 473. The number of aryl methyl sites for hydroxylation is 1. The lowest BCUT2D eigenvalue weighted by Crippen LogP contribution is -2.00. The molecule has 0 spiro atoms. The Morgan fingerprint density at radius 2 is 1.36 bits per heavy atom. The average molecular weight is 345 g/mol. The lowest BCUT2D eigenvalue weighted by molar-refractivity contribution is -0.139. The fourth-order valence-corrected chi connectivity index (χ4v) is 2.96. The standard InChI is InChI=1S/C23H36O2/c1-3-5-6-7-8-9-10-11-12-13-15-21-16-18-22(19-17-21)20-25-23(24)14-4-2/h4,14,16-19H,3,5-13,15,20H2,1-2H3/b14-4+. The lowest BCUT2D eigenvalue weighted by Gasteiger charge is -2.05. The molecule has 2 nitrogen and oxygen atoms in total. The summed E-state index contributed by atoms with van der Waals surface area (Å²) in [5.41, 5.74) is 2.42. The predicted octanol–water partition coefficient (Wildman–Crippen LogP) is 6.77. The molecule has 0 heterocycles. The van der Waals surface area contributed by atoms with Crippen molar-refractivity contribution in [2.75, 3.05) is 0 Å². The van der Waals surface area contributed by atoms with E-state index in [2.05, 4.69) is 31.2 Å². The van der Waals surface area contributed by atoms with E-state index in [9.17, 15) is 4.79 Å². The van der Waals surface area contributed by atoms with E-state index in [1.807, 2.05) is 6.92 Å². The summed E-state index contributed by atoms with van der Waals surface area (Å²) in [6.07, 6.45) is 18.0. The van der Waals surface area contributed by atoms with Crippen molar-refractivity contribution in [3.63, 3.8) is 0 Å². The quantitative estimate of drug-likeness (QED) is 0.211. The van der Waals surface area contributed by atoms with Crippen LogP contribution >= 0.6 is 0 Å². The van der Waals surface area contributed by atoms with E-state index >= 15 is 0 Å². The molecule has 0 N–H and O–H groups in total. The highest BCUT2D eigenvalue weighted by Crippen LogP contribution is 2.13. The Balaban J connectivity index is 2.05. The molecule has 0 aromatic heterocycles. The molecule has 0 amide bonds. The van der Waals surface area contributed by atoms with Gasteiger partial charge in [-0.3, -0.25) is 0 Å². The zero-order chi connectivity index (χ0) is 18.2. The topological polar surface area (TPSA) is 26.3 Å². The molecule has 0 aliphatic heterocycles. The summed E-state index contributed by atoms with van der Waals surface area (Å²) in [5.74, 6) is -0.281. The van der Waals surface area contributed by atoms with Crippen LogP contribution < -0.4 is 0 Å². The van der Waals surface area contributed by atoms with Crippen LogP contribution in [0.1, 0.15) is 89.2 Å². The first kappa shape index (κ1) is 21.5. The van der Waals surface area contributed by atoms with Gasteiger partial charge in [0.05, 0.1) is 0 Å². The van der Waals surface area contributed by atoms with E-state index in [0.717, 1.165) is 12.0 Å². The molecule has 0 radical (unpaired) electrons. The van der Waals surface area contributed by atoms with Gasteiger partial charge >= 0.3 is 5.97 Å². The van der Waals surface area contributed by atoms with Crippen LogP contribution in [-0.4, -0.2) is 5.97 Å². The van der Waals surface area contributed by atoms with Crippen LogP contribution in [0.15, 0.2) is 36.4 Å². The minimum Gasteiger partial charge on any atom is -0.458 e. The second-order valence-corrected chi connectivity index (χ2v) is 6.86. The fraction of sp³-hybridized carbons (Fsp3) is 0.609. The Morgan fingerprint density at radius 3 is 1.92 bits per heavy atom. The van der Waals surface area contributed by atoms with Crippen LogP contribution in [0.3, 0.4) is 0 Å². The molecule has 140 valence electrons. The van der Waals surface area contributed by atoms with Gasteiger partial charge in [-0.05, 0) is 30.9 Å². The maximum Gasteiger partial charge on any atom is 0.330 e. The van der Waals surface area contributed by atoms with Crippen molar-refractivity contribution >= 4 is 5.97 Å². The molecule has 1 aromatic carbocycles. The number of hydrogen-bond donors (Lipinski definition) is 0. The number of ether oxygens (including phenoxy) is 1. The Labute approximate surface area is 154 Å². The highest BCUT2D eigenvalue weighted by Gasteiger charge is 2.00. The summed E-state index contributed by atoms with van der Waals surface area (Å²) in [7, 11) is 0. The van der Waals surface area contributed by atoms with Gasteiger partial charge < -0.3 is 4.74 Å². The summed E-state index contributed by atoms with van der Waals surface area (Å²) in [6, 6.07) is 8.45. The molecule has 25 heavy (non-hydrogen) atoms. The van der Waals surface area contributed by atoms with Crippen LogP contribution in [0.4, 0.5) is 0 Å². The molecular formula is C23H36O2. The lowest BCUT2D eigenvalue weighted by atomic mass is 10.0. The molecular weight excluding hydrogens is 308 g/mol. The molecule has 0 saturated heterocycles. The first-order valence-electron chi connectivity index (χ1n) is 10.1. The van der Waals surface area contributed by atoms with Crippen molar-refractivity contribution in [2.24, 2.45) is 0 Å². The number of benzene rings is 1. The van der Waals surface area contributed by atoms with Gasteiger partial charge in [0.15, 0.2) is 0 Å². The molecule has 0 bridgehead atoms. The SMILES string of the molecule is C/C=C/C(=O)OCc1ccc(CCCCCCCCCCCC)cc1. The number of esters is 1. The molecule has 1 aromatic rings. The number of carbonyl (C=O) groups excluding carboxylic acids is 1. The molecule has 0 saturated carbocycles. The van der Waals surface area contributed by atoms with E-state index in [-0.39, 0.29) is 5.97 Å². The van der Waals surface area contributed by atoms with Crippen molar-refractivity contribution in [3.05, 3.63) is 47.5 Å². The summed E-state index contributed by atoms with van der Waals surface area (Å²) in [4.78, 5) is 11.3. The van der Waals surface area contributed by atoms with Gasteiger partial charge in [-0.25, -0.2) is 4.79 Å². The Hall–Kier alpha value is -1.57. The van der Waals surface area contributed by atoms with Crippen molar-refractivity contribution in [1.82, 2.24) is 0 Å². The molecule has 0 aliphatic carbocycles. The van der Waals surface area contributed by atoms with E-state index in [0.29, 0.717) is 6.61 Å². The van der Waals surface area contributed by atoms with Crippen LogP contribution in [0.25, 0.3) is 0 Å². The zero-order valence-electron chi connectivity index (χ0n) is 16.3. The number of hydrogen-bond acceptors (Lipinski definition) is 2. The number of carbonyl (C=O) groups is 1. The fourth-order valence-electron chi connectivity index (χ4n) is 2.96. The Kier molecular flexibility index (Phi) is 12.7. The van der Waals surface area contributed by atoms with Crippen LogP contribution in [0.5, 0.6) is 0 Å². The van der Waals surface area contributed by atoms with E-state index in [1.54, 1.807) is 6.08 Å². The first-order valence-corrected chi connectivity index (χ1v) is 10.1. The molecule has 1 rings (SSSR count). The second kappa shape index (κ2) is 14.7. The summed E-state index contributed by atoms with van der Waals surface area (Å²) in [5, 5.41) is 0. The normalized spacial score (nSPS) is 11.1.